The largest absolute Gasteiger partial charge is 0.481 e. The summed E-state index contributed by atoms with van der Waals surface area (Å²) in [5, 5.41) is 0. The first kappa shape index (κ1) is 14.7. The third-order valence-corrected chi connectivity index (χ3v) is 3.48. The van der Waals surface area contributed by atoms with Gasteiger partial charge in [0.25, 0.3) is 5.91 Å². The zero-order chi connectivity index (χ0) is 14.7. The van der Waals surface area contributed by atoms with Gasteiger partial charge in [-0.1, -0.05) is 0 Å². The maximum atomic E-state index is 13.1. The zero-order valence-corrected chi connectivity index (χ0v) is 11.3. The highest BCUT2D eigenvalue weighted by Gasteiger charge is 2.31. The fourth-order valence-corrected chi connectivity index (χ4v) is 2.41. The minimum Gasteiger partial charge on any atom is -0.481 e. The smallest absolute Gasteiger partial charge is 0.263 e. The molecule has 6 heteroatoms. The molecule has 1 aromatic carbocycles. The molecule has 1 saturated heterocycles. The Bertz CT molecular complexity index is 496. The molecule has 1 aliphatic heterocycles. The second kappa shape index (κ2) is 6.17. The van der Waals surface area contributed by atoms with Gasteiger partial charge in [0.1, 0.15) is 5.75 Å². The van der Waals surface area contributed by atoms with E-state index in [2.05, 4.69) is 0 Å². The van der Waals surface area contributed by atoms with E-state index in [4.69, 9.17) is 10.5 Å². The van der Waals surface area contributed by atoms with E-state index < -0.39 is 17.7 Å². The summed E-state index contributed by atoms with van der Waals surface area (Å²) in [4.78, 5) is 13.9. The molecule has 1 fully saturated rings. The van der Waals surface area contributed by atoms with E-state index in [0.29, 0.717) is 13.1 Å². The first-order chi connectivity index (χ1) is 9.52. The van der Waals surface area contributed by atoms with Crippen LogP contribution in [0.3, 0.4) is 0 Å². The van der Waals surface area contributed by atoms with Gasteiger partial charge < -0.3 is 15.4 Å². The number of rotatable bonds is 4. The molecule has 0 saturated carbocycles. The number of hydrogen-bond donors (Lipinski definition) is 1. The molecule has 1 amide bonds. The van der Waals surface area contributed by atoms with Crippen molar-refractivity contribution in [3.63, 3.8) is 0 Å². The number of hydrogen-bond acceptors (Lipinski definition) is 3. The van der Waals surface area contributed by atoms with Crippen LogP contribution in [0.1, 0.15) is 19.8 Å². The van der Waals surface area contributed by atoms with Crippen LogP contribution in [-0.2, 0) is 4.79 Å². The molecule has 1 aromatic rings. The molecule has 20 heavy (non-hydrogen) atoms. The summed E-state index contributed by atoms with van der Waals surface area (Å²) in [6.45, 7) is 2.67. The van der Waals surface area contributed by atoms with Gasteiger partial charge in [-0.2, -0.15) is 0 Å². The molecule has 4 nitrogen and oxygen atoms in total. The van der Waals surface area contributed by atoms with E-state index in [1.54, 1.807) is 11.8 Å². The molecule has 2 atom stereocenters. The Labute approximate surface area is 116 Å². The summed E-state index contributed by atoms with van der Waals surface area (Å²) in [7, 11) is 0. The minimum atomic E-state index is -0.997. The van der Waals surface area contributed by atoms with E-state index >= 15 is 0 Å². The van der Waals surface area contributed by atoms with Crippen LogP contribution < -0.4 is 10.5 Å². The molecule has 1 heterocycles. The predicted molar refractivity (Wildman–Crippen MR) is 70.2 cm³/mol. The molecular weight excluding hydrogens is 266 g/mol. The predicted octanol–water partition coefficient (Wildman–Crippen LogP) is 1.68. The van der Waals surface area contributed by atoms with Gasteiger partial charge in [-0.05, 0) is 31.9 Å². The number of carbonyl (C=O) groups is 1. The number of ether oxygens (including phenoxy) is 1. The van der Waals surface area contributed by atoms with Crippen LogP contribution >= 0.6 is 0 Å². The number of likely N-dealkylation sites (tertiary alicyclic amines) is 1. The number of nitrogens with zero attached hydrogens (tertiary/aromatic N) is 1. The molecule has 0 aromatic heterocycles. The number of nitrogens with two attached hydrogens (primary N) is 1. The molecule has 0 radical (unpaired) electrons. The molecular formula is C14H18F2N2O2. The monoisotopic (exact) mass is 284 g/mol. The fourth-order valence-electron chi connectivity index (χ4n) is 2.41. The lowest BCUT2D eigenvalue weighted by atomic mass is 10.2. The summed E-state index contributed by atoms with van der Waals surface area (Å²) in [6, 6.07) is 3.25. The van der Waals surface area contributed by atoms with Crippen LogP contribution in [0.15, 0.2) is 18.2 Å². The zero-order valence-electron chi connectivity index (χ0n) is 11.3. The van der Waals surface area contributed by atoms with Crippen LogP contribution in [-0.4, -0.2) is 36.0 Å². The van der Waals surface area contributed by atoms with Crippen LogP contribution in [0.2, 0.25) is 0 Å². The van der Waals surface area contributed by atoms with Crippen LogP contribution in [0.5, 0.6) is 5.75 Å². The Morgan fingerprint density at radius 3 is 2.90 bits per heavy atom. The summed E-state index contributed by atoms with van der Waals surface area (Å²) in [5.74, 6) is -1.99. The molecule has 0 spiro atoms. The minimum absolute atomic E-state index is 0.0403. The third kappa shape index (κ3) is 3.07. The highest BCUT2D eigenvalue weighted by Crippen LogP contribution is 2.20. The van der Waals surface area contributed by atoms with Gasteiger partial charge in [0, 0.05) is 25.2 Å². The quantitative estimate of drug-likeness (QED) is 0.915. The molecule has 1 aliphatic rings. The van der Waals surface area contributed by atoms with Crippen molar-refractivity contribution >= 4 is 5.91 Å². The maximum Gasteiger partial charge on any atom is 0.263 e. The topological polar surface area (TPSA) is 55.6 Å². The average molecular weight is 284 g/mol. The summed E-state index contributed by atoms with van der Waals surface area (Å²) in [5.41, 5.74) is 5.63. The molecule has 2 rings (SSSR count). The lowest BCUT2D eigenvalue weighted by molar-refractivity contribution is -0.138. The average Bonchev–Trinajstić information content (AvgIpc) is 2.90. The Morgan fingerprint density at radius 1 is 1.50 bits per heavy atom. The van der Waals surface area contributed by atoms with Crippen molar-refractivity contribution in [2.24, 2.45) is 5.73 Å². The van der Waals surface area contributed by atoms with Crippen molar-refractivity contribution in [1.82, 2.24) is 4.90 Å². The van der Waals surface area contributed by atoms with E-state index in [1.807, 2.05) is 0 Å². The number of halogens is 2. The second-order valence-corrected chi connectivity index (χ2v) is 4.90. The van der Waals surface area contributed by atoms with Crippen molar-refractivity contribution < 1.29 is 18.3 Å². The van der Waals surface area contributed by atoms with Gasteiger partial charge >= 0.3 is 0 Å². The van der Waals surface area contributed by atoms with Crippen LogP contribution in [0, 0.1) is 11.6 Å². The number of benzene rings is 1. The van der Waals surface area contributed by atoms with Gasteiger partial charge in [0.05, 0.1) is 0 Å². The second-order valence-electron chi connectivity index (χ2n) is 4.90. The first-order valence-corrected chi connectivity index (χ1v) is 6.65. The molecule has 0 bridgehead atoms. The Morgan fingerprint density at radius 2 is 2.25 bits per heavy atom. The summed E-state index contributed by atoms with van der Waals surface area (Å²) in [6.07, 6.45) is 1.05. The highest BCUT2D eigenvalue weighted by atomic mass is 19.2. The van der Waals surface area contributed by atoms with Crippen molar-refractivity contribution in [2.45, 2.75) is 31.9 Å². The lowest BCUT2D eigenvalue weighted by Crippen LogP contribution is -2.45. The van der Waals surface area contributed by atoms with Gasteiger partial charge in [0.15, 0.2) is 17.7 Å². The molecule has 110 valence electrons. The molecule has 0 aliphatic carbocycles. The third-order valence-electron chi connectivity index (χ3n) is 3.48. The summed E-state index contributed by atoms with van der Waals surface area (Å²) < 4.78 is 31.3. The molecule has 2 N–H and O–H groups in total. The first-order valence-electron chi connectivity index (χ1n) is 6.65. The van der Waals surface area contributed by atoms with Gasteiger partial charge in [-0.3, -0.25) is 4.79 Å². The van der Waals surface area contributed by atoms with Gasteiger partial charge in [-0.15, -0.1) is 0 Å². The Hall–Kier alpha value is -1.69. The van der Waals surface area contributed by atoms with Crippen LogP contribution in [0.4, 0.5) is 8.78 Å². The van der Waals surface area contributed by atoms with E-state index in [0.717, 1.165) is 25.0 Å². The number of carbonyl (C=O) groups excluding carboxylic acids is 1. The standard InChI is InChI=1S/C14H18F2N2O2/c1-9(14(19)18-6-2-3-10(18)8-17)20-11-4-5-12(15)13(16)7-11/h4-5,7,9-10H,2-3,6,8,17H2,1H3/t9-,10+/m1/s1. The lowest BCUT2D eigenvalue weighted by Gasteiger charge is -2.26. The summed E-state index contributed by atoms with van der Waals surface area (Å²) >= 11 is 0. The van der Waals surface area contributed by atoms with Crippen molar-refractivity contribution in [3.05, 3.63) is 29.8 Å². The molecule has 0 unspecified atom stereocenters. The van der Waals surface area contributed by atoms with E-state index in [-0.39, 0.29) is 17.7 Å². The highest BCUT2D eigenvalue weighted by molar-refractivity contribution is 5.81. The number of amides is 1. The Balaban J connectivity index is 2.02. The van der Waals surface area contributed by atoms with Gasteiger partial charge in [-0.25, -0.2) is 8.78 Å². The van der Waals surface area contributed by atoms with Gasteiger partial charge in [0.2, 0.25) is 0 Å². The van der Waals surface area contributed by atoms with Crippen molar-refractivity contribution in [1.29, 1.82) is 0 Å². The van der Waals surface area contributed by atoms with Crippen LogP contribution in [0.25, 0.3) is 0 Å². The maximum absolute atomic E-state index is 13.1. The van der Waals surface area contributed by atoms with Crippen molar-refractivity contribution in [3.8, 4) is 5.75 Å². The SMILES string of the molecule is C[C@@H](Oc1ccc(F)c(F)c1)C(=O)N1CCC[C@H]1CN. The van der Waals surface area contributed by atoms with E-state index in [1.165, 1.54) is 6.07 Å². The van der Waals surface area contributed by atoms with Crippen molar-refractivity contribution in [2.75, 3.05) is 13.1 Å². The Kier molecular flexibility index (Phi) is 4.54. The fraction of sp³-hybridized carbons (Fsp3) is 0.500. The normalized spacial score (nSPS) is 20.0. The van der Waals surface area contributed by atoms with E-state index in [9.17, 15) is 13.6 Å².